The predicted molar refractivity (Wildman–Crippen MR) is 106 cm³/mol. The van der Waals surface area contributed by atoms with E-state index in [-0.39, 0.29) is 11.3 Å². The smallest absolute Gasteiger partial charge is 0.276 e. The van der Waals surface area contributed by atoms with Crippen molar-refractivity contribution >= 4 is 17.4 Å². The number of piperidine rings is 1. The van der Waals surface area contributed by atoms with E-state index >= 15 is 0 Å². The van der Waals surface area contributed by atoms with E-state index in [9.17, 15) is 4.79 Å². The lowest BCUT2D eigenvalue weighted by Crippen LogP contribution is -2.35. The highest BCUT2D eigenvalue weighted by Gasteiger charge is 2.21. The van der Waals surface area contributed by atoms with Crippen molar-refractivity contribution in [2.75, 3.05) is 23.3 Å². The fourth-order valence-electron chi connectivity index (χ4n) is 3.44. The number of para-hydroxylation sites is 1. The monoisotopic (exact) mass is 352 g/mol. The number of aromatic nitrogens is 2. The molecular weight excluding hydrogens is 324 g/mol. The minimum atomic E-state index is -0.229. The van der Waals surface area contributed by atoms with E-state index in [2.05, 4.69) is 48.1 Å². The molecule has 1 amide bonds. The summed E-state index contributed by atoms with van der Waals surface area (Å²) >= 11 is 0. The summed E-state index contributed by atoms with van der Waals surface area (Å²) in [5.74, 6) is 1.29. The average molecular weight is 352 g/mol. The zero-order chi connectivity index (χ0) is 18.7. The zero-order valence-corrected chi connectivity index (χ0v) is 16.1. The van der Waals surface area contributed by atoms with Crippen LogP contribution in [-0.2, 0) is 5.41 Å². The predicted octanol–water partition coefficient (Wildman–Crippen LogP) is 4.26. The number of benzene rings is 1. The maximum absolute atomic E-state index is 12.6. The van der Waals surface area contributed by atoms with E-state index in [0.29, 0.717) is 11.6 Å². The van der Waals surface area contributed by atoms with Crippen LogP contribution in [0.1, 0.15) is 56.6 Å². The first-order valence-corrected chi connectivity index (χ1v) is 9.34. The number of rotatable bonds is 3. The third-order valence-corrected chi connectivity index (χ3v) is 4.85. The van der Waals surface area contributed by atoms with E-state index in [1.807, 2.05) is 30.3 Å². The second-order valence-electron chi connectivity index (χ2n) is 8.22. The molecule has 1 N–H and O–H groups in total. The molecule has 1 saturated heterocycles. The summed E-state index contributed by atoms with van der Waals surface area (Å²) in [6.45, 7) is 10.7. The van der Waals surface area contributed by atoms with Crippen molar-refractivity contribution in [2.45, 2.75) is 46.0 Å². The quantitative estimate of drug-likeness (QED) is 0.896. The fourth-order valence-corrected chi connectivity index (χ4v) is 3.44. The number of anilines is 2. The Morgan fingerprint density at radius 1 is 1.15 bits per heavy atom. The first kappa shape index (κ1) is 18.4. The van der Waals surface area contributed by atoms with Gasteiger partial charge in [0.05, 0.1) is 0 Å². The molecule has 1 aromatic carbocycles. The highest BCUT2D eigenvalue weighted by atomic mass is 16.1. The molecule has 2 heterocycles. The number of nitrogens with zero attached hydrogens (tertiary/aromatic N) is 3. The Morgan fingerprint density at radius 2 is 1.92 bits per heavy atom. The highest BCUT2D eigenvalue weighted by molar-refractivity contribution is 6.03. The van der Waals surface area contributed by atoms with Gasteiger partial charge in [0.1, 0.15) is 0 Å². The van der Waals surface area contributed by atoms with Gasteiger partial charge in [-0.15, -0.1) is 10.2 Å². The Hall–Kier alpha value is -2.43. The summed E-state index contributed by atoms with van der Waals surface area (Å²) in [5.41, 5.74) is 2.20. The SMILES string of the molecule is CC1CCCN(c2ccc(C(=O)Nc3ccccc3C(C)(C)C)nn2)C1. The van der Waals surface area contributed by atoms with Crippen molar-refractivity contribution in [3.05, 3.63) is 47.7 Å². The average Bonchev–Trinajstić information content (AvgIpc) is 2.61. The molecule has 138 valence electrons. The Bertz CT molecular complexity index is 764. The van der Waals surface area contributed by atoms with Crippen molar-refractivity contribution in [1.82, 2.24) is 10.2 Å². The molecule has 3 rings (SSSR count). The van der Waals surface area contributed by atoms with Gasteiger partial charge in [-0.25, -0.2) is 0 Å². The van der Waals surface area contributed by atoms with Crippen LogP contribution < -0.4 is 10.2 Å². The van der Waals surface area contributed by atoms with Crippen LogP contribution in [0, 0.1) is 5.92 Å². The van der Waals surface area contributed by atoms with Gasteiger partial charge in [-0.1, -0.05) is 45.9 Å². The standard InChI is InChI=1S/C21H28N4O/c1-15-8-7-13-25(14-15)19-12-11-18(23-24-19)20(26)22-17-10-6-5-9-16(17)21(2,3)4/h5-6,9-12,15H,7-8,13-14H2,1-4H3,(H,22,26). The van der Waals surface area contributed by atoms with Crippen molar-refractivity contribution in [3.63, 3.8) is 0 Å². The Labute approximate surface area is 155 Å². The van der Waals surface area contributed by atoms with Crippen molar-refractivity contribution < 1.29 is 4.79 Å². The Balaban J connectivity index is 1.73. The molecule has 5 nitrogen and oxygen atoms in total. The van der Waals surface area contributed by atoms with Gasteiger partial charge < -0.3 is 10.2 Å². The van der Waals surface area contributed by atoms with E-state index in [0.717, 1.165) is 30.2 Å². The van der Waals surface area contributed by atoms with Gasteiger partial charge in [0.2, 0.25) is 0 Å². The molecule has 2 aromatic rings. The molecule has 0 saturated carbocycles. The van der Waals surface area contributed by atoms with Crippen LogP contribution in [0.15, 0.2) is 36.4 Å². The molecule has 1 fully saturated rings. The van der Waals surface area contributed by atoms with Gasteiger partial charge in [-0.2, -0.15) is 0 Å². The summed E-state index contributed by atoms with van der Waals surface area (Å²) in [4.78, 5) is 14.9. The number of amides is 1. The molecule has 0 aliphatic carbocycles. The second-order valence-corrected chi connectivity index (χ2v) is 8.22. The van der Waals surface area contributed by atoms with Gasteiger partial charge >= 0.3 is 0 Å². The van der Waals surface area contributed by atoms with E-state index < -0.39 is 0 Å². The van der Waals surface area contributed by atoms with Crippen LogP contribution in [-0.4, -0.2) is 29.2 Å². The molecule has 1 aliphatic rings. The molecule has 1 aromatic heterocycles. The second kappa shape index (κ2) is 7.44. The van der Waals surface area contributed by atoms with Gasteiger partial charge in [0.15, 0.2) is 11.5 Å². The summed E-state index contributed by atoms with van der Waals surface area (Å²) in [7, 11) is 0. The lowest BCUT2D eigenvalue weighted by molar-refractivity contribution is 0.102. The van der Waals surface area contributed by atoms with Crippen LogP contribution in [0.5, 0.6) is 0 Å². The zero-order valence-electron chi connectivity index (χ0n) is 16.1. The fraction of sp³-hybridized carbons (Fsp3) is 0.476. The number of hydrogen-bond donors (Lipinski definition) is 1. The molecule has 5 heteroatoms. The van der Waals surface area contributed by atoms with Crippen LogP contribution in [0.25, 0.3) is 0 Å². The molecule has 1 unspecified atom stereocenters. The minimum absolute atomic E-state index is 0.0512. The molecule has 1 aliphatic heterocycles. The largest absolute Gasteiger partial charge is 0.355 e. The van der Waals surface area contributed by atoms with Gasteiger partial charge in [-0.3, -0.25) is 4.79 Å². The van der Waals surface area contributed by atoms with Crippen LogP contribution in [0.4, 0.5) is 11.5 Å². The highest BCUT2D eigenvalue weighted by Crippen LogP contribution is 2.29. The molecule has 0 spiro atoms. The van der Waals surface area contributed by atoms with Gasteiger partial charge in [-0.05, 0) is 47.9 Å². The van der Waals surface area contributed by atoms with Gasteiger partial charge in [0.25, 0.3) is 5.91 Å². The van der Waals surface area contributed by atoms with Crippen molar-refractivity contribution in [3.8, 4) is 0 Å². The molecule has 1 atom stereocenters. The van der Waals surface area contributed by atoms with Crippen molar-refractivity contribution in [2.24, 2.45) is 5.92 Å². The molecular formula is C21H28N4O. The lowest BCUT2D eigenvalue weighted by Gasteiger charge is -2.31. The Morgan fingerprint density at radius 3 is 2.58 bits per heavy atom. The summed E-state index contributed by atoms with van der Waals surface area (Å²) in [5, 5.41) is 11.4. The maximum atomic E-state index is 12.6. The number of carbonyl (C=O) groups is 1. The third kappa shape index (κ3) is 4.21. The number of carbonyl (C=O) groups excluding carboxylic acids is 1. The topological polar surface area (TPSA) is 58.1 Å². The van der Waals surface area contributed by atoms with E-state index in [1.165, 1.54) is 12.8 Å². The molecule has 0 radical (unpaired) electrons. The number of hydrogen-bond acceptors (Lipinski definition) is 4. The molecule has 26 heavy (non-hydrogen) atoms. The normalized spacial score (nSPS) is 17.8. The van der Waals surface area contributed by atoms with Crippen molar-refractivity contribution in [1.29, 1.82) is 0 Å². The van der Waals surface area contributed by atoms with Crippen LogP contribution >= 0.6 is 0 Å². The third-order valence-electron chi connectivity index (χ3n) is 4.85. The van der Waals surface area contributed by atoms with E-state index in [4.69, 9.17) is 0 Å². The molecule has 0 bridgehead atoms. The first-order valence-electron chi connectivity index (χ1n) is 9.34. The lowest BCUT2D eigenvalue weighted by atomic mass is 9.86. The van der Waals surface area contributed by atoms with Crippen LogP contribution in [0.2, 0.25) is 0 Å². The Kier molecular flexibility index (Phi) is 5.25. The summed E-state index contributed by atoms with van der Waals surface area (Å²) < 4.78 is 0. The van der Waals surface area contributed by atoms with Gasteiger partial charge in [0, 0.05) is 18.8 Å². The number of nitrogens with one attached hydrogen (secondary N) is 1. The minimum Gasteiger partial charge on any atom is -0.355 e. The van der Waals surface area contributed by atoms with Crippen LogP contribution in [0.3, 0.4) is 0 Å². The maximum Gasteiger partial charge on any atom is 0.276 e. The first-order chi connectivity index (χ1) is 12.3. The van der Waals surface area contributed by atoms with E-state index in [1.54, 1.807) is 6.07 Å². The summed E-state index contributed by atoms with van der Waals surface area (Å²) in [6, 6.07) is 11.5. The summed E-state index contributed by atoms with van der Waals surface area (Å²) in [6.07, 6.45) is 2.44.